The standard InChI is InChI=1S/C12H11ClFN3O2S/c1-8-6-7-11(16-15-8)17(2)20(18,19)10-5-3-4-9(13)12(10)14/h3-7H,1-2H3. The van der Waals surface area contributed by atoms with Gasteiger partial charge in [-0.2, -0.15) is 5.10 Å². The van der Waals surface area contributed by atoms with E-state index >= 15 is 0 Å². The van der Waals surface area contributed by atoms with Gasteiger partial charge in [-0.25, -0.2) is 12.8 Å². The molecule has 0 fully saturated rings. The zero-order valence-electron chi connectivity index (χ0n) is 10.7. The Morgan fingerprint density at radius 3 is 2.50 bits per heavy atom. The summed E-state index contributed by atoms with van der Waals surface area (Å²) >= 11 is 5.61. The summed E-state index contributed by atoms with van der Waals surface area (Å²) in [6.07, 6.45) is 0. The van der Waals surface area contributed by atoms with Gasteiger partial charge in [0.05, 0.1) is 10.7 Å². The van der Waals surface area contributed by atoms with Crippen molar-refractivity contribution in [3.63, 3.8) is 0 Å². The van der Waals surface area contributed by atoms with E-state index in [1.165, 1.54) is 25.2 Å². The van der Waals surface area contributed by atoms with Crippen LogP contribution in [0.5, 0.6) is 0 Å². The number of hydrogen-bond donors (Lipinski definition) is 0. The van der Waals surface area contributed by atoms with Gasteiger partial charge in [0.25, 0.3) is 10.0 Å². The SMILES string of the molecule is Cc1ccc(N(C)S(=O)(=O)c2cccc(Cl)c2F)nn1. The predicted octanol–water partition coefficient (Wildman–Crippen LogP) is 2.40. The third-order valence-electron chi connectivity index (χ3n) is 2.66. The molecule has 0 N–H and O–H groups in total. The number of halogens is 2. The van der Waals surface area contributed by atoms with Crippen LogP contribution < -0.4 is 4.31 Å². The first-order valence-electron chi connectivity index (χ1n) is 5.57. The molecule has 0 aliphatic carbocycles. The fourth-order valence-corrected chi connectivity index (χ4v) is 2.97. The minimum absolute atomic E-state index is 0.0926. The maximum atomic E-state index is 13.9. The summed E-state index contributed by atoms with van der Waals surface area (Å²) in [6.45, 7) is 1.72. The van der Waals surface area contributed by atoms with Crippen molar-refractivity contribution in [1.82, 2.24) is 10.2 Å². The molecule has 0 spiro atoms. The lowest BCUT2D eigenvalue weighted by Crippen LogP contribution is -2.28. The summed E-state index contributed by atoms with van der Waals surface area (Å²) in [7, 11) is -2.81. The normalized spacial score (nSPS) is 11.4. The first-order valence-corrected chi connectivity index (χ1v) is 7.39. The van der Waals surface area contributed by atoms with E-state index in [9.17, 15) is 12.8 Å². The second kappa shape index (κ2) is 5.34. The Morgan fingerprint density at radius 1 is 1.20 bits per heavy atom. The van der Waals surface area contributed by atoms with Gasteiger partial charge in [-0.05, 0) is 31.2 Å². The molecule has 0 saturated carbocycles. The van der Waals surface area contributed by atoms with Gasteiger partial charge in [0.15, 0.2) is 11.6 Å². The van der Waals surface area contributed by atoms with Crippen LogP contribution in [-0.2, 0) is 10.0 Å². The number of sulfonamides is 1. The number of anilines is 1. The number of nitrogens with zero attached hydrogens (tertiary/aromatic N) is 3. The Morgan fingerprint density at radius 2 is 1.90 bits per heavy atom. The molecule has 2 aromatic rings. The number of benzene rings is 1. The van der Waals surface area contributed by atoms with E-state index in [2.05, 4.69) is 10.2 Å². The van der Waals surface area contributed by atoms with Gasteiger partial charge in [0.2, 0.25) is 0 Å². The minimum atomic E-state index is -4.09. The van der Waals surface area contributed by atoms with Crippen LogP contribution in [0.1, 0.15) is 5.69 Å². The summed E-state index contributed by atoms with van der Waals surface area (Å²) in [4.78, 5) is -0.505. The Balaban J connectivity index is 2.49. The summed E-state index contributed by atoms with van der Waals surface area (Å²) in [5.74, 6) is -0.893. The summed E-state index contributed by atoms with van der Waals surface area (Å²) in [6, 6.07) is 6.90. The molecule has 0 radical (unpaired) electrons. The van der Waals surface area contributed by atoms with Crippen LogP contribution in [-0.4, -0.2) is 25.7 Å². The van der Waals surface area contributed by atoms with Crippen molar-refractivity contribution in [3.05, 3.63) is 46.9 Å². The second-order valence-electron chi connectivity index (χ2n) is 4.06. The summed E-state index contributed by atoms with van der Waals surface area (Å²) in [5.41, 5.74) is 0.647. The smallest absolute Gasteiger partial charge is 0.251 e. The quantitative estimate of drug-likeness (QED) is 0.872. The van der Waals surface area contributed by atoms with Gasteiger partial charge < -0.3 is 0 Å². The fourth-order valence-electron chi connectivity index (χ4n) is 1.51. The van der Waals surface area contributed by atoms with Crippen LogP contribution in [0.2, 0.25) is 5.02 Å². The molecule has 1 aromatic carbocycles. The van der Waals surface area contributed by atoms with Crippen LogP contribution >= 0.6 is 11.6 Å². The van der Waals surface area contributed by atoms with E-state index in [0.29, 0.717) is 5.69 Å². The van der Waals surface area contributed by atoms with Gasteiger partial charge in [-0.3, -0.25) is 4.31 Å². The van der Waals surface area contributed by atoms with Crippen molar-refractivity contribution in [2.75, 3.05) is 11.4 Å². The van der Waals surface area contributed by atoms with Crippen LogP contribution in [0.4, 0.5) is 10.2 Å². The highest BCUT2D eigenvalue weighted by Gasteiger charge is 2.26. The number of rotatable bonds is 3. The van der Waals surface area contributed by atoms with Crippen molar-refractivity contribution in [1.29, 1.82) is 0 Å². The number of aryl methyl sites for hydroxylation is 1. The highest BCUT2D eigenvalue weighted by Crippen LogP contribution is 2.26. The molecule has 1 heterocycles. The maximum absolute atomic E-state index is 13.9. The minimum Gasteiger partial charge on any atom is -0.251 e. The molecule has 5 nitrogen and oxygen atoms in total. The van der Waals surface area contributed by atoms with Crippen molar-refractivity contribution in [2.45, 2.75) is 11.8 Å². The topological polar surface area (TPSA) is 63.2 Å². The lowest BCUT2D eigenvalue weighted by atomic mass is 10.3. The van der Waals surface area contributed by atoms with Crippen LogP contribution in [0.3, 0.4) is 0 Å². The zero-order valence-corrected chi connectivity index (χ0v) is 12.3. The summed E-state index contributed by atoms with van der Waals surface area (Å²) in [5, 5.41) is 7.28. The third-order valence-corrected chi connectivity index (χ3v) is 4.73. The first kappa shape index (κ1) is 14.7. The fraction of sp³-hybridized carbons (Fsp3) is 0.167. The lowest BCUT2D eigenvalue weighted by Gasteiger charge is -2.18. The Bertz CT molecular complexity index is 735. The summed E-state index contributed by atoms with van der Waals surface area (Å²) < 4.78 is 39.4. The molecular weight excluding hydrogens is 305 g/mol. The Kier molecular flexibility index (Phi) is 3.92. The monoisotopic (exact) mass is 315 g/mol. The molecule has 106 valence electrons. The van der Waals surface area contributed by atoms with E-state index in [0.717, 1.165) is 10.4 Å². The van der Waals surface area contributed by atoms with Crippen LogP contribution in [0.15, 0.2) is 35.2 Å². The average Bonchev–Trinajstić information content (AvgIpc) is 2.41. The van der Waals surface area contributed by atoms with Gasteiger partial charge in [-0.1, -0.05) is 17.7 Å². The highest BCUT2D eigenvalue weighted by molar-refractivity contribution is 7.92. The van der Waals surface area contributed by atoms with E-state index in [-0.39, 0.29) is 10.8 Å². The van der Waals surface area contributed by atoms with Crippen molar-refractivity contribution in [2.24, 2.45) is 0 Å². The molecule has 0 atom stereocenters. The van der Waals surface area contributed by atoms with Crippen molar-refractivity contribution >= 4 is 27.4 Å². The largest absolute Gasteiger partial charge is 0.268 e. The number of aromatic nitrogens is 2. The molecule has 0 aliphatic heterocycles. The zero-order chi connectivity index (χ0) is 14.9. The van der Waals surface area contributed by atoms with Gasteiger partial charge in [-0.15, -0.1) is 5.10 Å². The number of hydrogen-bond acceptors (Lipinski definition) is 4. The second-order valence-corrected chi connectivity index (χ2v) is 6.40. The molecule has 0 saturated heterocycles. The van der Waals surface area contributed by atoms with Gasteiger partial charge in [0, 0.05) is 7.05 Å². The van der Waals surface area contributed by atoms with E-state index in [1.54, 1.807) is 13.0 Å². The molecule has 1 aromatic heterocycles. The van der Waals surface area contributed by atoms with Crippen molar-refractivity contribution < 1.29 is 12.8 Å². The Hall–Kier alpha value is -1.73. The molecule has 0 bridgehead atoms. The van der Waals surface area contributed by atoms with E-state index in [1.807, 2.05) is 0 Å². The molecule has 20 heavy (non-hydrogen) atoms. The van der Waals surface area contributed by atoms with Crippen molar-refractivity contribution in [3.8, 4) is 0 Å². The Labute approximate surface area is 121 Å². The molecular formula is C12H11ClFN3O2S. The third kappa shape index (κ3) is 2.59. The van der Waals surface area contributed by atoms with Crippen LogP contribution in [0.25, 0.3) is 0 Å². The highest BCUT2D eigenvalue weighted by atomic mass is 35.5. The first-order chi connectivity index (χ1) is 9.34. The van der Waals surface area contributed by atoms with Gasteiger partial charge in [0.1, 0.15) is 4.90 Å². The molecule has 8 heteroatoms. The molecule has 0 amide bonds. The average molecular weight is 316 g/mol. The molecule has 0 unspecified atom stereocenters. The maximum Gasteiger partial charge on any atom is 0.268 e. The van der Waals surface area contributed by atoms with E-state index < -0.39 is 20.7 Å². The predicted molar refractivity (Wildman–Crippen MR) is 73.8 cm³/mol. The van der Waals surface area contributed by atoms with E-state index in [4.69, 9.17) is 11.6 Å². The van der Waals surface area contributed by atoms with Gasteiger partial charge >= 0.3 is 0 Å². The lowest BCUT2D eigenvalue weighted by molar-refractivity contribution is 0.565. The van der Waals surface area contributed by atoms with Crippen LogP contribution in [0, 0.1) is 12.7 Å². The molecule has 2 rings (SSSR count). The molecule has 0 aliphatic rings.